The predicted molar refractivity (Wildman–Crippen MR) is 138 cm³/mol. The average molecular weight is 552 g/mol. The highest BCUT2D eigenvalue weighted by atomic mass is 32.2. The van der Waals surface area contributed by atoms with Crippen LogP contribution < -0.4 is 11.1 Å². The van der Waals surface area contributed by atoms with Crippen LogP contribution >= 0.6 is 23.1 Å². The molecule has 0 spiro atoms. The van der Waals surface area contributed by atoms with Gasteiger partial charge in [0.1, 0.15) is 29.4 Å². The number of nitrogen functional groups attached to an aromatic ring is 1. The van der Waals surface area contributed by atoms with E-state index in [-0.39, 0.29) is 28.8 Å². The fourth-order valence-electron chi connectivity index (χ4n) is 3.32. The summed E-state index contributed by atoms with van der Waals surface area (Å²) in [5, 5.41) is 7.75. The number of β-lactam (4-membered cyclic amide) rings is 1. The first kappa shape index (κ1) is 28.2. The third-order valence-electron chi connectivity index (χ3n) is 5.10. The minimum atomic E-state index is -0.922. The zero-order valence-corrected chi connectivity index (χ0v) is 22.7. The van der Waals surface area contributed by atoms with E-state index < -0.39 is 47.4 Å². The Labute approximate surface area is 222 Å². The van der Waals surface area contributed by atoms with Crippen LogP contribution in [0.15, 0.2) is 34.0 Å². The van der Waals surface area contributed by atoms with Crippen LogP contribution in [0.4, 0.5) is 5.13 Å². The topological polar surface area (TPSA) is 163 Å². The van der Waals surface area contributed by atoms with Crippen LogP contribution in [0.2, 0.25) is 0 Å². The maximum Gasteiger partial charge on any atom is 0.358 e. The summed E-state index contributed by atoms with van der Waals surface area (Å²) in [6.07, 6.45) is 3.45. The van der Waals surface area contributed by atoms with Crippen LogP contribution in [0.1, 0.15) is 40.3 Å². The number of anilines is 1. The lowest BCUT2D eigenvalue weighted by molar-refractivity contribution is -0.173. The van der Waals surface area contributed by atoms with Gasteiger partial charge in [-0.3, -0.25) is 19.3 Å². The molecule has 0 aromatic carbocycles. The van der Waals surface area contributed by atoms with Crippen molar-refractivity contribution in [2.75, 3.05) is 24.9 Å². The average Bonchev–Trinajstić information content (AvgIpc) is 3.27. The fourth-order valence-corrected chi connectivity index (χ4v) is 5.19. The molecule has 1 saturated heterocycles. The van der Waals surface area contributed by atoms with Crippen molar-refractivity contribution in [2.45, 2.75) is 46.0 Å². The molecule has 0 bridgehead atoms. The van der Waals surface area contributed by atoms with Gasteiger partial charge in [-0.05, 0) is 40.2 Å². The molecule has 1 aromatic heterocycles. The summed E-state index contributed by atoms with van der Waals surface area (Å²) in [7, 11) is 0. The Balaban J connectivity index is 1.75. The molecule has 3 N–H and O–H groups in total. The van der Waals surface area contributed by atoms with E-state index in [1.165, 1.54) is 16.7 Å². The van der Waals surface area contributed by atoms with Crippen LogP contribution in [0.25, 0.3) is 0 Å². The number of carbonyl (C=O) groups excluding carboxylic acids is 4. The summed E-state index contributed by atoms with van der Waals surface area (Å²) in [6.45, 7) is 8.15. The summed E-state index contributed by atoms with van der Waals surface area (Å²) >= 11 is 2.52. The highest BCUT2D eigenvalue weighted by Gasteiger charge is 2.54. The van der Waals surface area contributed by atoms with Gasteiger partial charge in [0.05, 0.1) is 5.41 Å². The quantitative estimate of drug-likeness (QED) is 0.152. The number of esters is 2. The molecule has 37 heavy (non-hydrogen) atoms. The van der Waals surface area contributed by atoms with E-state index in [4.69, 9.17) is 20.0 Å². The molecule has 0 aliphatic carbocycles. The number of nitrogens with two attached hydrogens (primary N) is 1. The molecule has 2 aliphatic rings. The molecule has 200 valence electrons. The Morgan fingerprint density at radius 2 is 2.05 bits per heavy atom. The summed E-state index contributed by atoms with van der Waals surface area (Å²) in [6, 6.07) is -0.922. The largest absolute Gasteiger partial charge is 0.427 e. The number of amides is 2. The zero-order valence-electron chi connectivity index (χ0n) is 21.1. The molecule has 1 aromatic rings. The predicted octanol–water partition coefficient (Wildman–Crippen LogP) is 1.79. The lowest BCUT2D eigenvalue weighted by Crippen LogP contribution is -2.71. The molecule has 0 radical (unpaired) electrons. The molecule has 3 rings (SSSR count). The second-order valence-electron chi connectivity index (χ2n) is 8.89. The van der Waals surface area contributed by atoms with Crippen molar-refractivity contribution >= 4 is 57.7 Å². The standard InChI is InChI=1S/C23H29N5O7S2/c1-6-8-12-9-36-19-15(26-17(29)14(27-35-7-2)13-10-37-22(24)25-13)18(30)28(19)16(12)20(31)33-11-34-21(32)23(3,4)5/h6,8,10,15,19H,7,9,11H2,1-5H3,(H2,24,25)(H,26,29)/t15-,19+/m1/s1. The number of ether oxygens (including phenoxy) is 2. The third-order valence-corrected chi connectivity index (χ3v) is 7.08. The first-order valence-electron chi connectivity index (χ1n) is 11.4. The van der Waals surface area contributed by atoms with Gasteiger partial charge in [-0.1, -0.05) is 17.3 Å². The Hall–Kier alpha value is -3.39. The van der Waals surface area contributed by atoms with Crippen molar-refractivity contribution < 1.29 is 33.5 Å². The fraction of sp³-hybridized carbons (Fsp3) is 0.478. The minimum absolute atomic E-state index is 0.0413. The van der Waals surface area contributed by atoms with Gasteiger partial charge in [0.2, 0.25) is 6.79 Å². The molecule has 0 saturated carbocycles. The molecule has 0 unspecified atom stereocenters. The Kier molecular flexibility index (Phi) is 8.97. The number of hydrogen-bond donors (Lipinski definition) is 2. The summed E-state index contributed by atoms with van der Waals surface area (Å²) in [5.41, 5.74) is 5.64. The molecular formula is C23H29N5O7S2. The second-order valence-corrected chi connectivity index (χ2v) is 10.9. The van der Waals surface area contributed by atoms with Crippen LogP contribution in [-0.2, 0) is 33.5 Å². The second kappa shape index (κ2) is 11.8. The number of nitrogens with zero attached hydrogens (tertiary/aromatic N) is 3. The normalized spacial score (nSPS) is 19.9. The van der Waals surface area contributed by atoms with Gasteiger partial charge in [0.25, 0.3) is 11.8 Å². The number of hydrogen-bond acceptors (Lipinski definition) is 12. The number of carbonyl (C=O) groups is 4. The molecular weight excluding hydrogens is 522 g/mol. The van der Waals surface area contributed by atoms with Gasteiger partial charge >= 0.3 is 11.9 Å². The van der Waals surface area contributed by atoms with Crippen molar-refractivity contribution in [1.82, 2.24) is 15.2 Å². The van der Waals surface area contributed by atoms with Crippen LogP contribution in [0.3, 0.4) is 0 Å². The molecule has 14 heteroatoms. The number of oxime groups is 1. The van der Waals surface area contributed by atoms with E-state index in [0.29, 0.717) is 11.3 Å². The highest BCUT2D eigenvalue weighted by Crippen LogP contribution is 2.41. The van der Waals surface area contributed by atoms with Gasteiger partial charge in [0.15, 0.2) is 10.8 Å². The van der Waals surface area contributed by atoms with E-state index in [2.05, 4.69) is 15.5 Å². The number of fused-ring (bicyclic) bond motifs is 1. The first-order valence-corrected chi connectivity index (χ1v) is 13.3. The van der Waals surface area contributed by atoms with Gasteiger partial charge < -0.3 is 25.4 Å². The van der Waals surface area contributed by atoms with E-state index >= 15 is 0 Å². The van der Waals surface area contributed by atoms with Crippen molar-refractivity contribution in [3.8, 4) is 0 Å². The van der Waals surface area contributed by atoms with Gasteiger partial charge in [-0.25, -0.2) is 9.78 Å². The highest BCUT2D eigenvalue weighted by molar-refractivity contribution is 8.00. The van der Waals surface area contributed by atoms with Crippen molar-refractivity contribution in [1.29, 1.82) is 0 Å². The van der Waals surface area contributed by atoms with E-state index in [1.54, 1.807) is 52.2 Å². The Morgan fingerprint density at radius 3 is 2.65 bits per heavy atom. The third kappa shape index (κ3) is 6.31. The van der Waals surface area contributed by atoms with Crippen LogP contribution in [-0.4, -0.2) is 69.9 Å². The van der Waals surface area contributed by atoms with Crippen LogP contribution in [0.5, 0.6) is 0 Å². The lowest BCUT2D eigenvalue weighted by atomic mass is 9.98. The molecule has 1 fully saturated rings. The minimum Gasteiger partial charge on any atom is -0.427 e. The monoisotopic (exact) mass is 551 g/mol. The lowest BCUT2D eigenvalue weighted by Gasteiger charge is -2.49. The van der Waals surface area contributed by atoms with Crippen molar-refractivity contribution in [3.63, 3.8) is 0 Å². The van der Waals surface area contributed by atoms with Gasteiger partial charge in [-0.2, -0.15) is 0 Å². The molecule has 2 atom stereocenters. The van der Waals surface area contributed by atoms with Gasteiger partial charge in [0, 0.05) is 11.1 Å². The molecule has 2 amide bonds. The number of rotatable bonds is 9. The van der Waals surface area contributed by atoms with Crippen LogP contribution in [0, 0.1) is 5.41 Å². The molecule has 12 nitrogen and oxygen atoms in total. The number of thiazole rings is 1. The Bertz CT molecular complexity index is 1170. The van der Waals surface area contributed by atoms with E-state index in [9.17, 15) is 19.2 Å². The zero-order chi connectivity index (χ0) is 27.3. The summed E-state index contributed by atoms with van der Waals surface area (Å²) < 4.78 is 10.2. The number of aromatic nitrogens is 1. The van der Waals surface area contributed by atoms with E-state index in [0.717, 1.165) is 11.3 Å². The Morgan fingerprint density at radius 1 is 1.32 bits per heavy atom. The SMILES string of the molecule is CC=CC1=C(C(=O)OCOC(=O)C(C)(C)C)N2C(=O)[C@@H](NC(=O)C(=NOCC)c3csc(N)n3)[C@@H]2SC1. The van der Waals surface area contributed by atoms with Gasteiger partial charge in [-0.15, -0.1) is 23.1 Å². The maximum atomic E-state index is 13.1. The van der Waals surface area contributed by atoms with Crippen molar-refractivity contribution in [2.24, 2.45) is 10.6 Å². The number of nitrogens with one attached hydrogen (secondary N) is 1. The summed E-state index contributed by atoms with van der Waals surface area (Å²) in [5.74, 6) is -2.12. The maximum absolute atomic E-state index is 13.1. The first-order chi connectivity index (χ1) is 17.5. The number of allylic oxidation sites excluding steroid dienone is 2. The number of thioether (sulfide) groups is 1. The smallest absolute Gasteiger partial charge is 0.358 e. The van der Waals surface area contributed by atoms with Crippen molar-refractivity contribution in [3.05, 3.63) is 34.5 Å². The summed E-state index contributed by atoms with van der Waals surface area (Å²) in [4.78, 5) is 61.4. The van der Waals surface area contributed by atoms with E-state index in [1.807, 2.05) is 0 Å². The molecule has 3 heterocycles. The molecule has 2 aliphatic heterocycles.